The van der Waals surface area contributed by atoms with Crippen molar-refractivity contribution in [3.63, 3.8) is 0 Å². The highest BCUT2D eigenvalue weighted by atomic mass is 32.2. The van der Waals surface area contributed by atoms with E-state index in [1.54, 1.807) is 19.1 Å². The first-order chi connectivity index (χ1) is 9.41. The Balaban J connectivity index is 2.25. The number of carbonyl (C=O) groups excluding carboxylic acids is 1. The van der Waals surface area contributed by atoms with Gasteiger partial charge in [0.25, 0.3) is 11.6 Å². The summed E-state index contributed by atoms with van der Waals surface area (Å²) in [5.74, 6) is 0.895. The molecule has 6 heteroatoms. The molecule has 1 fully saturated rings. The molecular formula is C14H18N2O3S. The van der Waals surface area contributed by atoms with E-state index in [4.69, 9.17) is 0 Å². The van der Waals surface area contributed by atoms with Gasteiger partial charge in [-0.05, 0) is 26.0 Å². The summed E-state index contributed by atoms with van der Waals surface area (Å²) in [7, 11) is 0. The van der Waals surface area contributed by atoms with Gasteiger partial charge in [0.2, 0.25) is 0 Å². The molecular weight excluding hydrogens is 276 g/mol. The molecule has 1 aliphatic heterocycles. The lowest BCUT2D eigenvalue weighted by Gasteiger charge is -2.37. The summed E-state index contributed by atoms with van der Waals surface area (Å²) in [6.45, 7) is 6.56. The smallest absolute Gasteiger partial charge is 0.272 e. The fraction of sp³-hybridized carbons (Fsp3) is 0.500. The lowest BCUT2D eigenvalue weighted by atomic mass is 10.1. The summed E-state index contributed by atoms with van der Waals surface area (Å²) < 4.78 is 0. The number of thioether (sulfide) groups is 1. The van der Waals surface area contributed by atoms with Gasteiger partial charge in [-0.2, -0.15) is 11.8 Å². The van der Waals surface area contributed by atoms with Gasteiger partial charge in [-0.15, -0.1) is 0 Å². The molecule has 1 aliphatic rings. The van der Waals surface area contributed by atoms with Crippen molar-refractivity contribution in [3.05, 3.63) is 39.4 Å². The second kappa shape index (κ2) is 5.83. The molecule has 1 aromatic carbocycles. The average molecular weight is 294 g/mol. The minimum Gasteiger partial charge on any atom is -0.334 e. The molecule has 20 heavy (non-hydrogen) atoms. The van der Waals surface area contributed by atoms with E-state index in [2.05, 4.69) is 6.92 Å². The molecule has 1 saturated heterocycles. The van der Waals surface area contributed by atoms with E-state index < -0.39 is 4.92 Å². The molecule has 0 N–H and O–H groups in total. The topological polar surface area (TPSA) is 63.5 Å². The van der Waals surface area contributed by atoms with E-state index in [0.717, 1.165) is 12.3 Å². The first-order valence-corrected chi connectivity index (χ1v) is 7.64. The highest BCUT2D eigenvalue weighted by molar-refractivity contribution is 8.00. The van der Waals surface area contributed by atoms with Gasteiger partial charge in [0.1, 0.15) is 0 Å². The van der Waals surface area contributed by atoms with Crippen molar-refractivity contribution < 1.29 is 9.72 Å². The van der Waals surface area contributed by atoms with Crippen LogP contribution in [0.15, 0.2) is 18.2 Å². The first kappa shape index (κ1) is 14.8. The molecule has 1 amide bonds. The molecule has 1 heterocycles. The minimum atomic E-state index is -0.425. The van der Waals surface area contributed by atoms with E-state index in [1.807, 2.05) is 23.6 Å². The monoisotopic (exact) mass is 294 g/mol. The van der Waals surface area contributed by atoms with Gasteiger partial charge < -0.3 is 4.90 Å². The fourth-order valence-electron chi connectivity index (χ4n) is 2.38. The van der Waals surface area contributed by atoms with Gasteiger partial charge in [-0.25, -0.2) is 0 Å². The van der Waals surface area contributed by atoms with E-state index in [1.165, 1.54) is 6.07 Å². The van der Waals surface area contributed by atoms with Crippen LogP contribution in [-0.4, -0.2) is 39.3 Å². The van der Waals surface area contributed by atoms with Crippen molar-refractivity contribution >= 4 is 23.4 Å². The SMILES string of the molecule is Cc1cc(C(=O)N2CCS[C@H](C)[C@H]2C)ccc1[N+](=O)[O-]. The summed E-state index contributed by atoms with van der Waals surface area (Å²) >= 11 is 1.87. The van der Waals surface area contributed by atoms with Crippen molar-refractivity contribution in [3.8, 4) is 0 Å². The Hall–Kier alpha value is -1.56. The molecule has 0 spiro atoms. The summed E-state index contributed by atoms with van der Waals surface area (Å²) in [6.07, 6.45) is 0. The van der Waals surface area contributed by atoms with Crippen LogP contribution in [0.2, 0.25) is 0 Å². The summed E-state index contributed by atoms with van der Waals surface area (Å²) in [5.41, 5.74) is 1.10. The second-order valence-electron chi connectivity index (χ2n) is 5.07. The normalized spacial score (nSPS) is 22.6. The average Bonchev–Trinajstić information content (AvgIpc) is 2.40. The quantitative estimate of drug-likeness (QED) is 0.621. The number of amides is 1. The van der Waals surface area contributed by atoms with E-state index in [-0.39, 0.29) is 17.6 Å². The third-order valence-electron chi connectivity index (χ3n) is 3.79. The van der Waals surface area contributed by atoms with Crippen LogP contribution in [0.4, 0.5) is 5.69 Å². The summed E-state index contributed by atoms with van der Waals surface area (Å²) in [4.78, 5) is 24.8. The van der Waals surface area contributed by atoms with Crippen LogP contribution in [0.1, 0.15) is 29.8 Å². The molecule has 0 aliphatic carbocycles. The van der Waals surface area contributed by atoms with E-state index >= 15 is 0 Å². The van der Waals surface area contributed by atoms with Gasteiger partial charge in [0.15, 0.2) is 0 Å². The Morgan fingerprint density at radius 2 is 2.15 bits per heavy atom. The zero-order valence-corrected chi connectivity index (χ0v) is 12.6. The van der Waals surface area contributed by atoms with Crippen LogP contribution in [0.25, 0.3) is 0 Å². The van der Waals surface area contributed by atoms with E-state index in [0.29, 0.717) is 16.4 Å². The number of nitrogens with zero attached hydrogens (tertiary/aromatic N) is 2. The zero-order chi connectivity index (χ0) is 14.9. The molecule has 0 radical (unpaired) electrons. The van der Waals surface area contributed by atoms with Crippen molar-refractivity contribution in [1.82, 2.24) is 4.90 Å². The van der Waals surface area contributed by atoms with Gasteiger partial charge in [-0.1, -0.05) is 6.92 Å². The predicted octanol–water partition coefficient (Wildman–Crippen LogP) is 2.87. The summed E-state index contributed by atoms with van der Waals surface area (Å²) in [6, 6.07) is 4.75. The third-order valence-corrected chi connectivity index (χ3v) is 5.12. The number of nitro benzene ring substituents is 1. The minimum absolute atomic E-state index is 0.0392. The second-order valence-corrected chi connectivity index (χ2v) is 6.56. The number of hydrogen-bond donors (Lipinski definition) is 0. The summed E-state index contributed by atoms with van der Waals surface area (Å²) in [5, 5.41) is 11.2. The number of aryl methyl sites for hydroxylation is 1. The van der Waals surface area contributed by atoms with Crippen molar-refractivity contribution in [2.45, 2.75) is 32.1 Å². The molecule has 1 aromatic rings. The molecule has 2 atom stereocenters. The Bertz CT molecular complexity index is 547. The van der Waals surface area contributed by atoms with Gasteiger partial charge in [0, 0.05) is 40.8 Å². The maximum atomic E-state index is 12.5. The van der Waals surface area contributed by atoms with E-state index in [9.17, 15) is 14.9 Å². The number of hydrogen-bond acceptors (Lipinski definition) is 4. The van der Waals surface area contributed by atoms with Gasteiger partial charge in [-0.3, -0.25) is 14.9 Å². The van der Waals surface area contributed by atoms with Crippen LogP contribution in [0.5, 0.6) is 0 Å². The maximum absolute atomic E-state index is 12.5. The van der Waals surface area contributed by atoms with Crippen molar-refractivity contribution in [2.24, 2.45) is 0 Å². The lowest BCUT2D eigenvalue weighted by molar-refractivity contribution is -0.385. The molecule has 0 unspecified atom stereocenters. The number of benzene rings is 1. The Morgan fingerprint density at radius 3 is 2.75 bits per heavy atom. The molecule has 0 aromatic heterocycles. The van der Waals surface area contributed by atoms with Gasteiger partial charge in [0.05, 0.1) is 4.92 Å². The highest BCUT2D eigenvalue weighted by Crippen LogP contribution is 2.26. The van der Waals surface area contributed by atoms with Crippen LogP contribution in [0, 0.1) is 17.0 Å². The van der Waals surface area contributed by atoms with Crippen molar-refractivity contribution in [2.75, 3.05) is 12.3 Å². The Morgan fingerprint density at radius 1 is 1.45 bits per heavy atom. The highest BCUT2D eigenvalue weighted by Gasteiger charge is 2.29. The number of nitro groups is 1. The standard InChI is InChI=1S/C14H18N2O3S/c1-9-8-12(4-5-13(9)16(18)19)14(17)15-6-7-20-11(3)10(15)2/h4-5,8,10-11H,6-7H2,1-3H3/t10-,11-/m1/s1. The number of rotatable bonds is 2. The molecule has 0 saturated carbocycles. The molecule has 108 valence electrons. The van der Waals surface area contributed by atoms with Gasteiger partial charge >= 0.3 is 0 Å². The maximum Gasteiger partial charge on any atom is 0.272 e. The zero-order valence-electron chi connectivity index (χ0n) is 11.8. The fourth-order valence-corrected chi connectivity index (χ4v) is 3.48. The van der Waals surface area contributed by atoms with Crippen LogP contribution < -0.4 is 0 Å². The van der Waals surface area contributed by atoms with Crippen molar-refractivity contribution in [1.29, 1.82) is 0 Å². The Kier molecular flexibility index (Phi) is 4.32. The predicted molar refractivity (Wildman–Crippen MR) is 80.3 cm³/mol. The van der Waals surface area contributed by atoms with Crippen LogP contribution >= 0.6 is 11.8 Å². The molecule has 5 nitrogen and oxygen atoms in total. The largest absolute Gasteiger partial charge is 0.334 e. The number of carbonyl (C=O) groups is 1. The van der Waals surface area contributed by atoms with Crippen LogP contribution in [-0.2, 0) is 0 Å². The lowest BCUT2D eigenvalue weighted by Crippen LogP contribution is -2.47. The molecule has 2 rings (SSSR count). The Labute approximate surface area is 122 Å². The first-order valence-electron chi connectivity index (χ1n) is 6.59. The third kappa shape index (κ3) is 2.80. The molecule has 0 bridgehead atoms. The van der Waals surface area contributed by atoms with Crippen LogP contribution in [0.3, 0.4) is 0 Å².